The minimum atomic E-state index is -3.87. The van der Waals surface area contributed by atoms with E-state index in [2.05, 4.69) is 17.0 Å². The maximum absolute atomic E-state index is 14.2. The number of benzene rings is 3. The topological polar surface area (TPSA) is 79.4 Å². The SMILES string of the molecule is COc1cc(C)c(S(=O)(=O)N2Cc3ccccc3CC2COCC(=O)N2CCN(c3ccccc3)CC2)c(C)c1C. The highest BCUT2D eigenvalue weighted by Crippen LogP contribution is 2.36. The number of amides is 1. The van der Waals surface area contributed by atoms with Crippen molar-refractivity contribution in [1.29, 1.82) is 0 Å². The molecule has 9 heteroatoms. The molecule has 1 fully saturated rings. The van der Waals surface area contributed by atoms with Gasteiger partial charge in [0, 0.05) is 38.4 Å². The van der Waals surface area contributed by atoms with Gasteiger partial charge in [-0.2, -0.15) is 4.31 Å². The summed E-state index contributed by atoms with van der Waals surface area (Å²) >= 11 is 0. The van der Waals surface area contributed by atoms with E-state index in [0.29, 0.717) is 41.3 Å². The lowest BCUT2D eigenvalue weighted by Crippen LogP contribution is -2.50. The summed E-state index contributed by atoms with van der Waals surface area (Å²) in [5.74, 6) is 0.603. The molecule has 1 unspecified atom stereocenters. The molecule has 8 nitrogen and oxygen atoms in total. The number of para-hydroxylation sites is 1. The van der Waals surface area contributed by atoms with E-state index in [1.165, 1.54) is 0 Å². The third-order valence-electron chi connectivity index (χ3n) is 8.36. The molecule has 0 N–H and O–H groups in total. The largest absolute Gasteiger partial charge is 0.496 e. The van der Waals surface area contributed by atoms with Crippen LogP contribution in [0.15, 0.2) is 65.6 Å². The number of sulfonamides is 1. The van der Waals surface area contributed by atoms with Crippen LogP contribution in [0.1, 0.15) is 27.8 Å². The number of aryl methyl sites for hydroxylation is 1. The highest BCUT2D eigenvalue weighted by atomic mass is 32.2. The molecule has 5 rings (SSSR count). The number of fused-ring (bicyclic) bond motifs is 1. The number of nitrogens with zero attached hydrogens (tertiary/aromatic N) is 3. The van der Waals surface area contributed by atoms with Crippen LogP contribution >= 0.6 is 0 Å². The molecular weight excluding hydrogens is 538 g/mol. The number of hydrogen-bond acceptors (Lipinski definition) is 6. The molecule has 0 radical (unpaired) electrons. The van der Waals surface area contributed by atoms with Gasteiger partial charge in [0.15, 0.2) is 0 Å². The van der Waals surface area contributed by atoms with Crippen LogP contribution in [0.4, 0.5) is 5.69 Å². The summed E-state index contributed by atoms with van der Waals surface area (Å²) in [4.78, 5) is 17.4. The zero-order chi connectivity index (χ0) is 29.1. The standard InChI is InChI=1S/C32H39N3O5S/c1-23-18-30(39-4)24(2)25(3)32(23)41(37,38)35-20-27-11-9-8-10-26(27)19-29(35)21-40-22-31(36)34-16-14-33(15-17-34)28-12-6-5-7-13-28/h5-13,18,29H,14-17,19-22H2,1-4H3. The molecule has 2 heterocycles. The van der Waals surface area contributed by atoms with Gasteiger partial charge in [-0.05, 0) is 73.2 Å². The quantitative estimate of drug-likeness (QED) is 0.401. The zero-order valence-electron chi connectivity index (χ0n) is 24.3. The predicted octanol–water partition coefficient (Wildman–Crippen LogP) is 4.10. The summed E-state index contributed by atoms with van der Waals surface area (Å²) in [5, 5.41) is 0. The molecule has 2 aliphatic heterocycles. The smallest absolute Gasteiger partial charge is 0.248 e. The van der Waals surface area contributed by atoms with Gasteiger partial charge >= 0.3 is 0 Å². The second kappa shape index (κ2) is 12.2. The number of rotatable bonds is 8. The molecule has 1 amide bonds. The first-order valence-corrected chi connectivity index (χ1v) is 15.5. The first kappa shape index (κ1) is 29.1. The second-order valence-electron chi connectivity index (χ2n) is 10.9. The maximum Gasteiger partial charge on any atom is 0.248 e. The van der Waals surface area contributed by atoms with E-state index in [0.717, 1.165) is 35.5 Å². The molecule has 0 aliphatic carbocycles. The summed E-state index contributed by atoms with van der Waals surface area (Å²) in [6.45, 7) is 8.62. The van der Waals surface area contributed by atoms with E-state index >= 15 is 0 Å². The van der Waals surface area contributed by atoms with Crippen LogP contribution in [0.25, 0.3) is 0 Å². The summed E-state index contributed by atoms with van der Waals surface area (Å²) in [6.07, 6.45) is 0.520. The first-order valence-electron chi connectivity index (χ1n) is 14.1. The van der Waals surface area contributed by atoms with Crippen LogP contribution in [-0.4, -0.2) is 76.1 Å². The van der Waals surface area contributed by atoms with Gasteiger partial charge in [-0.15, -0.1) is 0 Å². The Morgan fingerprint density at radius 3 is 2.24 bits per heavy atom. The lowest BCUT2D eigenvalue weighted by atomic mass is 9.96. The van der Waals surface area contributed by atoms with E-state index in [-0.39, 0.29) is 25.7 Å². The minimum absolute atomic E-state index is 0.0687. The molecule has 0 bridgehead atoms. The van der Waals surface area contributed by atoms with E-state index in [4.69, 9.17) is 9.47 Å². The Kier molecular flexibility index (Phi) is 8.68. The zero-order valence-corrected chi connectivity index (χ0v) is 25.1. The van der Waals surface area contributed by atoms with Crippen molar-refractivity contribution in [3.05, 3.63) is 88.5 Å². The fraction of sp³-hybridized carbons (Fsp3) is 0.406. The van der Waals surface area contributed by atoms with Crippen molar-refractivity contribution in [2.45, 2.75) is 44.7 Å². The summed E-state index contributed by atoms with van der Waals surface area (Å²) in [6, 6.07) is 19.5. The molecular formula is C32H39N3O5S. The van der Waals surface area contributed by atoms with E-state index in [1.54, 1.807) is 24.4 Å². The van der Waals surface area contributed by atoms with Gasteiger partial charge in [-0.25, -0.2) is 8.42 Å². The lowest BCUT2D eigenvalue weighted by molar-refractivity contribution is -0.136. The lowest BCUT2D eigenvalue weighted by Gasteiger charge is -2.37. The first-order chi connectivity index (χ1) is 19.7. The van der Waals surface area contributed by atoms with Crippen LogP contribution in [0, 0.1) is 20.8 Å². The molecule has 1 saturated heterocycles. The minimum Gasteiger partial charge on any atom is -0.496 e. The van der Waals surface area contributed by atoms with E-state index < -0.39 is 16.1 Å². The van der Waals surface area contributed by atoms with Crippen LogP contribution in [0.2, 0.25) is 0 Å². The number of methoxy groups -OCH3 is 1. The van der Waals surface area contributed by atoms with Gasteiger partial charge < -0.3 is 19.3 Å². The number of hydrogen-bond donors (Lipinski definition) is 0. The van der Waals surface area contributed by atoms with Crippen LogP contribution in [0.5, 0.6) is 5.75 Å². The van der Waals surface area contributed by atoms with Crippen LogP contribution in [-0.2, 0) is 32.5 Å². The van der Waals surface area contributed by atoms with Crippen molar-refractivity contribution in [2.75, 3.05) is 51.4 Å². The van der Waals surface area contributed by atoms with Gasteiger partial charge in [0.25, 0.3) is 0 Å². The van der Waals surface area contributed by atoms with Crippen molar-refractivity contribution in [2.24, 2.45) is 0 Å². The van der Waals surface area contributed by atoms with E-state index in [1.807, 2.05) is 61.2 Å². The third kappa shape index (κ3) is 5.98. The molecule has 3 aromatic carbocycles. The predicted molar refractivity (Wildman–Crippen MR) is 160 cm³/mol. The monoisotopic (exact) mass is 577 g/mol. The molecule has 218 valence electrons. The molecule has 1 atom stereocenters. The van der Waals surface area contributed by atoms with E-state index in [9.17, 15) is 13.2 Å². The van der Waals surface area contributed by atoms with Crippen molar-refractivity contribution in [3.8, 4) is 5.75 Å². The highest BCUT2D eigenvalue weighted by molar-refractivity contribution is 7.89. The normalized spacial score (nSPS) is 17.8. The Morgan fingerprint density at radius 1 is 0.902 bits per heavy atom. The average Bonchev–Trinajstić information content (AvgIpc) is 2.99. The molecule has 0 aromatic heterocycles. The van der Waals surface area contributed by atoms with Crippen molar-refractivity contribution < 1.29 is 22.7 Å². The Labute approximate surface area is 243 Å². The van der Waals surface area contributed by atoms with Crippen LogP contribution in [0.3, 0.4) is 0 Å². The van der Waals surface area contributed by atoms with Crippen molar-refractivity contribution in [1.82, 2.24) is 9.21 Å². The summed E-state index contributed by atoms with van der Waals surface area (Å²) in [7, 11) is -2.28. The fourth-order valence-electron chi connectivity index (χ4n) is 5.96. The fourth-order valence-corrected chi connectivity index (χ4v) is 8.04. The maximum atomic E-state index is 14.2. The summed E-state index contributed by atoms with van der Waals surface area (Å²) < 4.78 is 41.5. The average molecular weight is 578 g/mol. The molecule has 3 aromatic rings. The van der Waals surface area contributed by atoms with Crippen LogP contribution < -0.4 is 9.64 Å². The van der Waals surface area contributed by atoms with Crippen molar-refractivity contribution in [3.63, 3.8) is 0 Å². The van der Waals surface area contributed by atoms with Gasteiger partial charge in [0.1, 0.15) is 12.4 Å². The van der Waals surface area contributed by atoms with Gasteiger partial charge in [-0.1, -0.05) is 42.5 Å². The number of anilines is 1. The Balaban J connectivity index is 1.29. The number of carbonyl (C=O) groups excluding carboxylic acids is 1. The molecule has 0 saturated carbocycles. The molecule has 2 aliphatic rings. The number of piperazine rings is 1. The summed E-state index contributed by atoms with van der Waals surface area (Å²) in [5.41, 5.74) is 5.39. The van der Waals surface area contributed by atoms with Gasteiger partial charge in [-0.3, -0.25) is 4.79 Å². The highest BCUT2D eigenvalue weighted by Gasteiger charge is 2.38. The molecule has 41 heavy (non-hydrogen) atoms. The Morgan fingerprint density at radius 2 is 1.56 bits per heavy atom. The second-order valence-corrected chi connectivity index (χ2v) is 12.7. The number of ether oxygens (including phenoxy) is 2. The molecule has 0 spiro atoms. The Bertz CT molecular complexity index is 1500. The number of carbonyl (C=O) groups is 1. The van der Waals surface area contributed by atoms with Gasteiger partial charge in [0.2, 0.25) is 15.9 Å². The third-order valence-corrected chi connectivity index (χ3v) is 10.6. The van der Waals surface area contributed by atoms with Crippen molar-refractivity contribution >= 4 is 21.6 Å². The Hall–Kier alpha value is -3.40. The van der Waals surface area contributed by atoms with Gasteiger partial charge in [0.05, 0.1) is 24.7 Å².